The van der Waals surface area contributed by atoms with Gasteiger partial charge in [-0.1, -0.05) is 78.2 Å². The predicted molar refractivity (Wildman–Crippen MR) is 160 cm³/mol. The Morgan fingerprint density at radius 3 is 1.71 bits per heavy atom. The highest BCUT2D eigenvalue weighted by Crippen LogP contribution is 2.18. The van der Waals surface area contributed by atoms with Gasteiger partial charge in [0, 0.05) is 6.08 Å². The molecule has 7 nitrogen and oxygen atoms in total. The molecule has 2 aromatic rings. The molecule has 0 saturated carbocycles. The second kappa shape index (κ2) is 20.3. The fraction of sp³-hybridized carbons (Fsp3) is 0.500. The zero-order valence-electron chi connectivity index (χ0n) is 24.7. The third-order valence-corrected chi connectivity index (χ3v) is 6.80. The normalized spacial score (nSPS) is 11.4. The lowest BCUT2D eigenvalue weighted by molar-refractivity contribution is -0.137. The minimum absolute atomic E-state index is 0.313. The number of ether oxygens (including phenoxy) is 4. The molecule has 0 heterocycles. The van der Waals surface area contributed by atoms with E-state index >= 15 is 0 Å². The third kappa shape index (κ3) is 14.5. The largest absolute Gasteiger partial charge is 0.494 e. The molecule has 0 aliphatic carbocycles. The standard InChI is InChI=1S/C34H46O7/c1-4-27(3)26-40-33(36)28-18-22-31(23-19-28)41-34(37)29-16-20-30(21-17-29)38-24-14-12-10-8-6-7-9-11-13-15-25-39-32(35)5-2/h5,16-23,27H,2,4,6-15,24-26H2,1,3H3. The van der Waals surface area contributed by atoms with Gasteiger partial charge in [0.05, 0.1) is 30.9 Å². The molecule has 0 aliphatic heterocycles. The number of benzene rings is 2. The molecule has 0 aliphatic rings. The second-order valence-corrected chi connectivity index (χ2v) is 10.3. The zero-order valence-corrected chi connectivity index (χ0v) is 24.7. The number of hydrogen-bond acceptors (Lipinski definition) is 7. The molecule has 0 radical (unpaired) electrons. The molecular weight excluding hydrogens is 520 g/mol. The van der Waals surface area contributed by atoms with Crippen LogP contribution in [0.3, 0.4) is 0 Å². The van der Waals surface area contributed by atoms with Gasteiger partial charge in [0.15, 0.2) is 0 Å². The Hall–Kier alpha value is -3.61. The van der Waals surface area contributed by atoms with Gasteiger partial charge in [-0.25, -0.2) is 14.4 Å². The fourth-order valence-corrected chi connectivity index (χ4v) is 3.97. The molecule has 2 rings (SSSR count). The van der Waals surface area contributed by atoms with Crippen molar-refractivity contribution in [1.82, 2.24) is 0 Å². The van der Waals surface area contributed by atoms with E-state index in [4.69, 9.17) is 18.9 Å². The first kappa shape index (κ1) is 33.6. The van der Waals surface area contributed by atoms with Gasteiger partial charge in [-0.05, 0) is 67.3 Å². The molecule has 7 heteroatoms. The number of esters is 3. The number of carbonyl (C=O) groups excluding carboxylic acids is 3. The highest BCUT2D eigenvalue weighted by atomic mass is 16.5. The molecule has 1 unspecified atom stereocenters. The van der Waals surface area contributed by atoms with Crippen LogP contribution in [0.25, 0.3) is 0 Å². The van der Waals surface area contributed by atoms with Crippen molar-refractivity contribution in [3.63, 3.8) is 0 Å². The van der Waals surface area contributed by atoms with Crippen LogP contribution in [0.15, 0.2) is 61.2 Å². The molecule has 0 spiro atoms. The maximum atomic E-state index is 12.5. The van der Waals surface area contributed by atoms with E-state index in [2.05, 4.69) is 13.5 Å². The first-order valence-electron chi connectivity index (χ1n) is 14.9. The van der Waals surface area contributed by atoms with Crippen LogP contribution >= 0.6 is 0 Å². The topological polar surface area (TPSA) is 88.1 Å². The van der Waals surface area contributed by atoms with Gasteiger partial charge in [-0.2, -0.15) is 0 Å². The molecule has 224 valence electrons. The van der Waals surface area contributed by atoms with Crippen molar-refractivity contribution in [2.24, 2.45) is 5.92 Å². The highest BCUT2D eigenvalue weighted by molar-refractivity contribution is 5.92. The molecule has 41 heavy (non-hydrogen) atoms. The first-order valence-corrected chi connectivity index (χ1v) is 14.9. The Kier molecular flexibility index (Phi) is 16.6. The molecule has 2 aromatic carbocycles. The quantitative estimate of drug-likeness (QED) is 0.0652. The summed E-state index contributed by atoms with van der Waals surface area (Å²) in [7, 11) is 0. The van der Waals surface area contributed by atoms with Gasteiger partial charge >= 0.3 is 17.9 Å². The summed E-state index contributed by atoms with van der Waals surface area (Å²) in [6.45, 7) is 8.97. The summed E-state index contributed by atoms with van der Waals surface area (Å²) in [5, 5.41) is 0. The van der Waals surface area contributed by atoms with Crippen LogP contribution in [-0.4, -0.2) is 37.7 Å². The van der Waals surface area contributed by atoms with Crippen molar-refractivity contribution < 1.29 is 33.3 Å². The number of unbranched alkanes of at least 4 members (excludes halogenated alkanes) is 9. The molecule has 0 bridgehead atoms. The molecule has 0 N–H and O–H groups in total. The number of hydrogen-bond donors (Lipinski definition) is 0. The highest BCUT2D eigenvalue weighted by Gasteiger charge is 2.12. The molecule has 1 atom stereocenters. The van der Waals surface area contributed by atoms with Crippen LogP contribution in [0.5, 0.6) is 11.5 Å². The lowest BCUT2D eigenvalue weighted by atomic mass is 10.1. The van der Waals surface area contributed by atoms with Gasteiger partial charge in [-0.3, -0.25) is 0 Å². The van der Waals surface area contributed by atoms with E-state index in [0.29, 0.717) is 42.6 Å². The van der Waals surface area contributed by atoms with E-state index in [-0.39, 0.29) is 11.9 Å². The minimum Gasteiger partial charge on any atom is -0.494 e. The predicted octanol–water partition coefficient (Wildman–Crippen LogP) is 8.12. The van der Waals surface area contributed by atoms with Crippen LogP contribution in [0.2, 0.25) is 0 Å². The Morgan fingerprint density at radius 1 is 0.683 bits per heavy atom. The van der Waals surface area contributed by atoms with Crippen LogP contribution in [0, 0.1) is 5.92 Å². The third-order valence-electron chi connectivity index (χ3n) is 6.80. The van der Waals surface area contributed by atoms with E-state index < -0.39 is 5.97 Å². The van der Waals surface area contributed by atoms with Gasteiger partial charge in [0.2, 0.25) is 0 Å². The van der Waals surface area contributed by atoms with Gasteiger partial charge < -0.3 is 18.9 Å². The summed E-state index contributed by atoms with van der Waals surface area (Å²) in [6, 6.07) is 13.3. The monoisotopic (exact) mass is 566 g/mol. The minimum atomic E-state index is -0.474. The lowest BCUT2D eigenvalue weighted by Crippen LogP contribution is -2.12. The molecule has 0 saturated heterocycles. The SMILES string of the molecule is C=CC(=O)OCCCCCCCCCCCCOc1ccc(C(=O)Oc2ccc(C(=O)OCC(C)CC)cc2)cc1. The zero-order chi connectivity index (χ0) is 29.7. The Labute approximate surface area is 245 Å². The van der Waals surface area contributed by atoms with Gasteiger partial charge in [-0.15, -0.1) is 0 Å². The van der Waals surface area contributed by atoms with Gasteiger partial charge in [0.25, 0.3) is 0 Å². The summed E-state index contributed by atoms with van der Waals surface area (Å²) in [6.07, 6.45) is 13.6. The molecule has 0 aromatic heterocycles. The summed E-state index contributed by atoms with van der Waals surface area (Å²) in [5.41, 5.74) is 0.842. The van der Waals surface area contributed by atoms with Crippen molar-refractivity contribution in [3.05, 3.63) is 72.3 Å². The smallest absolute Gasteiger partial charge is 0.343 e. The average molecular weight is 567 g/mol. The summed E-state index contributed by atoms with van der Waals surface area (Å²) in [5.74, 6) is 0.193. The Morgan fingerprint density at radius 2 is 1.17 bits per heavy atom. The summed E-state index contributed by atoms with van der Waals surface area (Å²) < 4.78 is 21.5. The summed E-state index contributed by atoms with van der Waals surface area (Å²) >= 11 is 0. The average Bonchev–Trinajstić information content (AvgIpc) is 3.00. The van der Waals surface area contributed by atoms with E-state index in [9.17, 15) is 14.4 Å². The maximum Gasteiger partial charge on any atom is 0.343 e. The molecular formula is C34H46O7. The molecule has 0 fully saturated rings. The van der Waals surface area contributed by atoms with E-state index in [1.54, 1.807) is 48.5 Å². The molecule has 0 amide bonds. The van der Waals surface area contributed by atoms with Crippen molar-refractivity contribution in [2.75, 3.05) is 19.8 Å². The van der Waals surface area contributed by atoms with Crippen molar-refractivity contribution in [2.45, 2.75) is 84.5 Å². The van der Waals surface area contributed by atoms with Crippen LogP contribution < -0.4 is 9.47 Å². The second-order valence-electron chi connectivity index (χ2n) is 10.3. The van der Waals surface area contributed by atoms with Crippen LogP contribution in [-0.2, 0) is 14.3 Å². The van der Waals surface area contributed by atoms with E-state index in [0.717, 1.165) is 37.9 Å². The van der Waals surface area contributed by atoms with E-state index in [1.165, 1.54) is 44.6 Å². The van der Waals surface area contributed by atoms with Crippen molar-refractivity contribution >= 4 is 17.9 Å². The van der Waals surface area contributed by atoms with Crippen molar-refractivity contribution in [1.29, 1.82) is 0 Å². The Balaban J connectivity index is 1.53. The lowest BCUT2D eigenvalue weighted by Gasteiger charge is -2.10. The van der Waals surface area contributed by atoms with Crippen LogP contribution in [0.4, 0.5) is 0 Å². The van der Waals surface area contributed by atoms with Crippen LogP contribution in [0.1, 0.15) is 105 Å². The number of rotatable bonds is 21. The maximum absolute atomic E-state index is 12.5. The first-order chi connectivity index (χ1) is 19.9. The van der Waals surface area contributed by atoms with E-state index in [1.807, 2.05) is 6.92 Å². The number of carbonyl (C=O) groups is 3. The fourth-order valence-electron chi connectivity index (χ4n) is 3.97. The van der Waals surface area contributed by atoms with Crippen molar-refractivity contribution in [3.8, 4) is 11.5 Å². The summed E-state index contributed by atoms with van der Waals surface area (Å²) in [4.78, 5) is 35.6. The van der Waals surface area contributed by atoms with Gasteiger partial charge in [0.1, 0.15) is 11.5 Å². The Bertz CT molecular complexity index is 1040.